The van der Waals surface area contributed by atoms with Crippen molar-refractivity contribution >= 4 is 0 Å². The number of aromatic nitrogens is 1. The number of likely N-dealkylation sites (tertiary alicyclic amines) is 1. The Morgan fingerprint density at radius 2 is 2.08 bits per heavy atom. The largest absolute Gasteiger partial charge is 0.477 e. The van der Waals surface area contributed by atoms with Crippen LogP contribution < -0.4 is 4.74 Å². The van der Waals surface area contributed by atoms with E-state index in [1.807, 2.05) is 37.3 Å². The maximum Gasteiger partial charge on any atom is 0.216 e. The van der Waals surface area contributed by atoms with Crippen LogP contribution in [0.4, 0.5) is 0 Å². The Morgan fingerprint density at radius 1 is 1.25 bits per heavy atom. The van der Waals surface area contributed by atoms with Crippen LogP contribution in [0.15, 0.2) is 42.6 Å². The molecule has 1 aliphatic rings. The lowest BCUT2D eigenvalue weighted by atomic mass is 9.97. The topological polar surface area (TPSA) is 49.1 Å². The molecule has 1 saturated heterocycles. The number of aryl methyl sites for hydroxylation is 1. The average molecular weight is 321 g/mol. The van der Waals surface area contributed by atoms with Gasteiger partial charge >= 0.3 is 0 Å². The third-order valence-electron chi connectivity index (χ3n) is 4.59. The molecule has 0 bridgehead atoms. The Labute approximate surface area is 143 Å². The summed E-state index contributed by atoms with van der Waals surface area (Å²) < 4.78 is 5.89. The predicted molar refractivity (Wildman–Crippen MR) is 93.6 cm³/mol. The van der Waals surface area contributed by atoms with E-state index in [2.05, 4.69) is 22.0 Å². The molecule has 0 saturated carbocycles. The number of benzene rings is 1. The number of nitrogens with zero attached hydrogens (tertiary/aromatic N) is 3. The minimum Gasteiger partial charge on any atom is -0.477 e. The number of hydrogen-bond acceptors (Lipinski definition) is 4. The molecule has 0 unspecified atom stereocenters. The van der Waals surface area contributed by atoms with Gasteiger partial charge in [-0.1, -0.05) is 18.2 Å². The summed E-state index contributed by atoms with van der Waals surface area (Å²) in [6.07, 6.45) is 4.06. The Bertz CT molecular complexity index is 715. The Kier molecular flexibility index (Phi) is 5.45. The van der Waals surface area contributed by atoms with Gasteiger partial charge in [-0.25, -0.2) is 4.98 Å². The summed E-state index contributed by atoms with van der Waals surface area (Å²) in [6.45, 7) is 5.84. The standard InChI is InChI=1S/C20H23N3O/c1-16-4-3-9-22-20(16)24-15-17-7-10-23(11-8-17)14-19-6-2-5-18(12-19)13-21/h2-6,9,12,17H,7-8,10-11,14-15H2,1H3. The smallest absolute Gasteiger partial charge is 0.216 e. The van der Waals surface area contributed by atoms with E-state index >= 15 is 0 Å². The zero-order chi connectivity index (χ0) is 16.8. The minimum absolute atomic E-state index is 0.591. The van der Waals surface area contributed by atoms with Gasteiger partial charge in [0.25, 0.3) is 0 Å². The molecule has 0 aliphatic carbocycles. The van der Waals surface area contributed by atoms with Gasteiger partial charge in [-0.3, -0.25) is 4.90 Å². The Hall–Kier alpha value is -2.38. The van der Waals surface area contributed by atoms with Crippen LogP contribution in [-0.2, 0) is 6.54 Å². The van der Waals surface area contributed by atoms with Crippen LogP contribution in [-0.4, -0.2) is 29.6 Å². The van der Waals surface area contributed by atoms with Crippen molar-refractivity contribution in [1.29, 1.82) is 5.26 Å². The van der Waals surface area contributed by atoms with Gasteiger partial charge in [-0.05, 0) is 62.5 Å². The van der Waals surface area contributed by atoms with Gasteiger partial charge in [0.2, 0.25) is 5.88 Å². The van der Waals surface area contributed by atoms with Gasteiger partial charge in [0.1, 0.15) is 0 Å². The maximum atomic E-state index is 8.99. The van der Waals surface area contributed by atoms with E-state index in [0.717, 1.165) is 56.1 Å². The molecule has 1 fully saturated rings. The van der Waals surface area contributed by atoms with Gasteiger partial charge in [0.05, 0.1) is 18.2 Å². The highest BCUT2D eigenvalue weighted by atomic mass is 16.5. The number of rotatable bonds is 5. The molecule has 0 N–H and O–H groups in total. The maximum absolute atomic E-state index is 8.99. The molecule has 4 nitrogen and oxygen atoms in total. The van der Waals surface area contributed by atoms with Crippen LogP contribution in [0.25, 0.3) is 0 Å². The van der Waals surface area contributed by atoms with E-state index < -0.39 is 0 Å². The van der Waals surface area contributed by atoms with E-state index in [4.69, 9.17) is 10.00 Å². The number of nitriles is 1. The molecule has 2 heterocycles. The minimum atomic E-state index is 0.591. The fourth-order valence-electron chi connectivity index (χ4n) is 3.13. The van der Waals surface area contributed by atoms with Crippen molar-refractivity contribution in [1.82, 2.24) is 9.88 Å². The van der Waals surface area contributed by atoms with E-state index in [1.54, 1.807) is 6.20 Å². The molecular formula is C20H23N3O. The van der Waals surface area contributed by atoms with Gasteiger partial charge < -0.3 is 4.74 Å². The lowest BCUT2D eigenvalue weighted by Crippen LogP contribution is -2.35. The average Bonchev–Trinajstić information content (AvgIpc) is 2.62. The third kappa shape index (κ3) is 4.33. The van der Waals surface area contributed by atoms with Crippen LogP contribution in [0, 0.1) is 24.2 Å². The van der Waals surface area contributed by atoms with Crippen LogP contribution in [0.3, 0.4) is 0 Å². The summed E-state index contributed by atoms with van der Waals surface area (Å²) in [5, 5.41) is 8.99. The summed E-state index contributed by atoms with van der Waals surface area (Å²) in [4.78, 5) is 6.75. The SMILES string of the molecule is Cc1cccnc1OCC1CCN(Cc2cccc(C#N)c2)CC1. The third-order valence-corrected chi connectivity index (χ3v) is 4.59. The second kappa shape index (κ2) is 7.94. The molecule has 0 radical (unpaired) electrons. The normalized spacial score (nSPS) is 15.8. The van der Waals surface area contributed by atoms with E-state index in [0.29, 0.717) is 5.92 Å². The van der Waals surface area contributed by atoms with Crippen molar-refractivity contribution in [2.75, 3.05) is 19.7 Å². The van der Waals surface area contributed by atoms with Gasteiger partial charge in [-0.15, -0.1) is 0 Å². The lowest BCUT2D eigenvalue weighted by molar-refractivity contribution is 0.134. The van der Waals surface area contributed by atoms with E-state index in [-0.39, 0.29) is 0 Å². The number of pyridine rings is 1. The van der Waals surface area contributed by atoms with Crippen molar-refractivity contribution in [3.8, 4) is 11.9 Å². The summed E-state index contributed by atoms with van der Waals surface area (Å²) in [5.74, 6) is 1.35. The highest BCUT2D eigenvalue weighted by Gasteiger charge is 2.20. The molecule has 3 rings (SSSR count). The van der Waals surface area contributed by atoms with E-state index in [1.165, 1.54) is 5.56 Å². The Balaban J connectivity index is 1.46. The monoisotopic (exact) mass is 321 g/mol. The second-order valence-electron chi connectivity index (χ2n) is 6.47. The van der Waals surface area contributed by atoms with Crippen molar-refractivity contribution in [3.05, 3.63) is 59.3 Å². The molecule has 1 aliphatic heterocycles. The first kappa shape index (κ1) is 16.5. The molecule has 0 spiro atoms. The first-order valence-corrected chi connectivity index (χ1v) is 8.50. The van der Waals surface area contributed by atoms with Crippen LogP contribution in [0.5, 0.6) is 5.88 Å². The van der Waals surface area contributed by atoms with Crippen LogP contribution in [0.1, 0.15) is 29.5 Å². The quantitative estimate of drug-likeness (QED) is 0.845. The Morgan fingerprint density at radius 3 is 2.83 bits per heavy atom. The second-order valence-corrected chi connectivity index (χ2v) is 6.47. The predicted octanol–water partition coefficient (Wildman–Crippen LogP) is 3.55. The summed E-state index contributed by atoms with van der Waals surface area (Å²) in [5.41, 5.74) is 3.04. The summed E-state index contributed by atoms with van der Waals surface area (Å²) >= 11 is 0. The van der Waals surface area contributed by atoms with Crippen molar-refractivity contribution < 1.29 is 4.74 Å². The van der Waals surface area contributed by atoms with Crippen LogP contribution >= 0.6 is 0 Å². The molecule has 24 heavy (non-hydrogen) atoms. The number of ether oxygens (including phenoxy) is 1. The molecule has 0 atom stereocenters. The molecule has 4 heteroatoms. The molecule has 1 aromatic heterocycles. The lowest BCUT2D eigenvalue weighted by Gasteiger charge is -2.31. The molecule has 0 amide bonds. The zero-order valence-corrected chi connectivity index (χ0v) is 14.1. The first-order chi connectivity index (χ1) is 11.7. The van der Waals surface area contributed by atoms with E-state index in [9.17, 15) is 0 Å². The zero-order valence-electron chi connectivity index (χ0n) is 14.1. The van der Waals surface area contributed by atoms with Gasteiger partial charge in [-0.2, -0.15) is 5.26 Å². The number of piperidine rings is 1. The fourth-order valence-corrected chi connectivity index (χ4v) is 3.13. The molecular weight excluding hydrogens is 298 g/mol. The van der Waals surface area contributed by atoms with Gasteiger partial charge in [0.15, 0.2) is 0 Å². The van der Waals surface area contributed by atoms with Crippen molar-refractivity contribution in [2.45, 2.75) is 26.3 Å². The van der Waals surface area contributed by atoms with Crippen molar-refractivity contribution in [2.24, 2.45) is 5.92 Å². The summed E-state index contributed by atoms with van der Waals surface area (Å²) in [6, 6.07) is 14.1. The molecule has 2 aromatic rings. The molecule has 1 aromatic carbocycles. The fraction of sp³-hybridized carbons (Fsp3) is 0.400. The first-order valence-electron chi connectivity index (χ1n) is 8.50. The number of hydrogen-bond donors (Lipinski definition) is 0. The van der Waals surface area contributed by atoms with Gasteiger partial charge in [0, 0.05) is 18.3 Å². The highest BCUT2D eigenvalue weighted by Crippen LogP contribution is 2.21. The summed E-state index contributed by atoms with van der Waals surface area (Å²) in [7, 11) is 0. The molecule has 124 valence electrons. The van der Waals surface area contributed by atoms with Crippen molar-refractivity contribution in [3.63, 3.8) is 0 Å². The van der Waals surface area contributed by atoms with Crippen LogP contribution in [0.2, 0.25) is 0 Å². The highest BCUT2D eigenvalue weighted by molar-refractivity contribution is 5.32.